The van der Waals surface area contributed by atoms with Crippen LogP contribution in [0, 0.1) is 0 Å². The molecule has 1 unspecified atom stereocenters. The Morgan fingerprint density at radius 3 is 3.08 bits per heavy atom. The van der Waals surface area contributed by atoms with Crippen molar-refractivity contribution in [1.29, 1.82) is 0 Å². The van der Waals surface area contributed by atoms with E-state index in [9.17, 15) is 0 Å². The number of hydrogen-bond acceptors (Lipinski definition) is 1. The summed E-state index contributed by atoms with van der Waals surface area (Å²) in [6, 6.07) is 8.89. The van der Waals surface area contributed by atoms with Crippen LogP contribution in [0.5, 0.6) is 0 Å². The molecule has 1 aromatic carbocycles. The quantitative estimate of drug-likeness (QED) is 0.673. The molecule has 0 saturated carbocycles. The first-order valence-electron chi connectivity index (χ1n) is 5.06. The molecule has 0 aliphatic carbocycles. The summed E-state index contributed by atoms with van der Waals surface area (Å²) < 4.78 is 5.39. The average Bonchev–Trinajstić information content (AvgIpc) is 2.71. The first-order valence-corrected chi connectivity index (χ1v) is 5.06. The van der Waals surface area contributed by atoms with Crippen LogP contribution in [0.3, 0.4) is 0 Å². The third-order valence-corrected chi connectivity index (χ3v) is 2.76. The van der Waals surface area contributed by atoms with Crippen molar-refractivity contribution in [3.63, 3.8) is 0 Å². The summed E-state index contributed by atoms with van der Waals surface area (Å²) in [7, 11) is 0. The summed E-state index contributed by atoms with van der Waals surface area (Å²) in [5.74, 6) is 0.645. The Labute approximate surface area is 79.7 Å². The van der Waals surface area contributed by atoms with Gasteiger partial charge >= 0.3 is 0 Å². The molecule has 0 N–H and O–H groups in total. The van der Waals surface area contributed by atoms with Gasteiger partial charge < -0.3 is 4.74 Å². The molecular weight excluding hydrogens is 160 g/mol. The van der Waals surface area contributed by atoms with Gasteiger partial charge in [-0.05, 0) is 24.0 Å². The smallest absolute Gasteiger partial charge is 0.0535 e. The van der Waals surface area contributed by atoms with Gasteiger partial charge in [-0.2, -0.15) is 0 Å². The van der Waals surface area contributed by atoms with Crippen LogP contribution in [-0.2, 0) is 11.2 Å². The van der Waals surface area contributed by atoms with Crippen molar-refractivity contribution in [1.82, 2.24) is 0 Å². The zero-order valence-corrected chi connectivity index (χ0v) is 8.12. The molecule has 1 fully saturated rings. The third kappa shape index (κ3) is 1.92. The molecule has 0 aromatic heterocycles. The van der Waals surface area contributed by atoms with Gasteiger partial charge in [0.1, 0.15) is 0 Å². The van der Waals surface area contributed by atoms with E-state index in [0.717, 1.165) is 19.6 Å². The van der Waals surface area contributed by atoms with Gasteiger partial charge in [0, 0.05) is 12.5 Å². The Kier molecular flexibility index (Phi) is 2.65. The first kappa shape index (κ1) is 8.76. The molecule has 0 radical (unpaired) electrons. The zero-order chi connectivity index (χ0) is 9.10. The second kappa shape index (κ2) is 3.93. The first-order chi connectivity index (χ1) is 6.40. The highest BCUT2D eigenvalue weighted by Crippen LogP contribution is 2.25. The molecule has 1 atom stereocenters. The van der Waals surface area contributed by atoms with E-state index in [4.69, 9.17) is 4.74 Å². The van der Waals surface area contributed by atoms with E-state index in [-0.39, 0.29) is 0 Å². The van der Waals surface area contributed by atoms with Crippen molar-refractivity contribution >= 4 is 0 Å². The fraction of sp³-hybridized carbons (Fsp3) is 0.500. The van der Waals surface area contributed by atoms with Crippen LogP contribution < -0.4 is 0 Å². The lowest BCUT2D eigenvalue weighted by molar-refractivity contribution is 0.194. The monoisotopic (exact) mass is 176 g/mol. The summed E-state index contributed by atoms with van der Waals surface area (Å²) >= 11 is 0. The van der Waals surface area contributed by atoms with E-state index in [2.05, 4.69) is 31.2 Å². The Morgan fingerprint density at radius 2 is 2.38 bits per heavy atom. The second-order valence-corrected chi connectivity index (χ2v) is 3.66. The Hall–Kier alpha value is -0.820. The minimum absolute atomic E-state index is 0.645. The number of rotatable bonds is 2. The van der Waals surface area contributed by atoms with Crippen molar-refractivity contribution in [2.24, 2.45) is 0 Å². The Bertz CT molecular complexity index is 274. The van der Waals surface area contributed by atoms with Crippen molar-refractivity contribution in [3.8, 4) is 0 Å². The highest BCUT2D eigenvalue weighted by Gasteiger charge is 2.17. The molecule has 70 valence electrons. The van der Waals surface area contributed by atoms with Crippen LogP contribution in [0.25, 0.3) is 0 Å². The van der Waals surface area contributed by atoms with E-state index in [1.165, 1.54) is 17.5 Å². The van der Waals surface area contributed by atoms with Crippen molar-refractivity contribution in [2.75, 3.05) is 13.2 Å². The Balaban J connectivity index is 2.18. The molecule has 1 saturated heterocycles. The van der Waals surface area contributed by atoms with E-state index >= 15 is 0 Å². The van der Waals surface area contributed by atoms with Gasteiger partial charge in [0.25, 0.3) is 0 Å². The number of hydrogen-bond donors (Lipinski definition) is 0. The molecule has 0 bridgehead atoms. The summed E-state index contributed by atoms with van der Waals surface area (Å²) in [4.78, 5) is 0. The predicted octanol–water partition coefficient (Wildman–Crippen LogP) is 2.75. The normalized spacial score (nSPS) is 22.1. The van der Waals surface area contributed by atoms with Crippen molar-refractivity contribution in [3.05, 3.63) is 35.4 Å². The SMILES string of the molecule is CCc1cccc(C2CCOC2)c1. The van der Waals surface area contributed by atoms with Crippen LogP contribution in [0.2, 0.25) is 0 Å². The van der Waals surface area contributed by atoms with E-state index in [0.29, 0.717) is 5.92 Å². The summed E-state index contributed by atoms with van der Waals surface area (Å²) in [6.45, 7) is 4.04. The molecular formula is C12H16O. The minimum Gasteiger partial charge on any atom is -0.381 e. The van der Waals surface area contributed by atoms with Crippen LogP contribution in [0.1, 0.15) is 30.4 Å². The maximum Gasteiger partial charge on any atom is 0.0535 e. The summed E-state index contributed by atoms with van der Waals surface area (Å²) in [5.41, 5.74) is 2.89. The van der Waals surface area contributed by atoms with Crippen LogP contribution in [-0.4, -0.2) is 13.2 Å². The lowest BCUT2D eigenvalue weighted by Crippen LogP contribution is -1.97. The van der Waals surface area contributed by atoms with Crippen molar-refractivity contribution < 1.29 is 4.74 Å². The maximum absolute atomic E-state index is 5.39. The molecule has 0 amide bonds. The molecule has 1 heterocycles. The van der Waals surface area contributed by atoms with Gasteiger partial charge in [0.2, 0.25) is 0 Å². The second-order valence-electron chi connectivity index (χ2n) is 3.66. The summed E-state index contributed by atoms with van der Waals surface area (Å²) in [5, 5.41) is 0. The largest absolute Gasteiger partial charge is 0.381 e. The number of aryl methyl sites for hydroxylation is 1. The standard InChI is InChI=1S/C12H16O/c1-2-10-4-3-5-11(8-10)12-6-7-13-9-12/h3-5,8,12H,2,6-7,9H2,1H3. The molecule has 1 nitrogen and oxygen atoms in total. The van der Waals surface area contributed by atoms with Crippen molar-refractivity contribution in [2.45, 2.75) is 25.7 Å². The molecule has 1 aliphatic heterocycles. The molecule has 2 rings (SSSR count). The maximum atomic E-state index is 5.39. The molecule has 13 heavy (non-hydrogen) atoms. The van der Waals surface area contributed by atoms with E-state index in [1.54, 1.807) is 0 Å². The molecule has 0 spiro atoms. The Morgan fingerprint density at radius 1 is 1.46 bits per heavy atom. The lowest BCUT2D eigenvalue weighted by atomic mass is 9.96. The number of benzene rings is 1. The van der Waals surface area contributed by atoms with E-state index < -0.39 is 0 Å². The van der Waals surface area contributed by atoms with Crippen LogP contribution >= 0.6 is 0 Å². The zero-order valence-electron chi connectivity index (χ0n) is 8.12. The van der Waals surface area contributed by atoms with Gasteiger partial charge in [-0.1, -0.05) is 31.2 Å². The number of ether oxygens (including phenoxy) is 1. The van der Waals surface area contributed by atoms with Gasteiger partial charge in [0.15, 0.2) is 0 Å². The lowest BCUT2D eigenvalue weighted by Gasteiger charge is -2.08. The fourth-order valence-corrected chi connectivity index (χ4v) is 1.86. The summed E-state index contributed by atoms with van der Waals surface area (Å²) in [6.07, 6.45) is 2.31. The van der Waals surface area contributed by atoms with Crippen LogP contribution in [0.4, 0.5) is 0 Å². The van der Waals surface area contributed by atoms with Gasteiger partial charge in [-0.25, -0.2) is 0 Å². The molecule has 1 aliphatic rings. The van der Waals surface area contributed by atoms with E-state index in [1.807, 2.05) is 0 Å². The average molecular weight is 176 g/mol. The van der Waals surface area contributed by atoms with Gasteiger partial charge in [-0.3, -0.25) is 0 Å². The van der Waals surface area contributed by atoms with Gasteiger partial charge in [-0.15, -0.1) is 0 Å². The van der Waals surface area contributed by atoms with Gasteiger partial charge in [0.05, 0.1) is 6.61 Å². The minimum atomic E-state index is 0.645. The molecule has 1 heteroatoms. The topological polar surface area (TPSA) is 9.23 Å². The highest BCUT2D eigenvalue weighted by molar-refractivity contribution is 5.26. The van der Waals surface area contributed by atoms with Crippen LogP contribution in [0.15, 0.2) is 24.3 Å². The predicted molar refractivity (Wildman–Crippen MR) is 54.0 cm³/mol. The molecule has 1 aromatic rings. The third-order valence-electron chi connectivity index (χ3n) is 2.76. The fourth-order valence-electron chi connectivity index (χ4n) is 1.86. The highest BCUT2D eigenvalue weighted by atomic mass is 16.5.